The summed E-state index contributed by atoms with van der Waals surface area (Å²) in [6.45, 7) is 1.83. The average Bonchev–Trinajstić information content (AvgIpc) is 2.72. The highest BCUT2D eigenvalue weighted by Gasteiger charge is 2.19. The molecule has 0 aliphatic rings. The van der Waals surface area contributed by atoms with E-state index in [4.69, 9.17) is 0 Å². The van der Waals surface area contributed by atoms with Crippen LogP contribution in [0.5, 0.6) is 0 Å². The van der Waals surface area contributed by atoms with Gasteiger partial charge in [-0.3, -0.25) is 19.7 Å². The van der Waals surface area contributed by atoms with Crippen molar-refractivity contribution in [3.63, 3.8) is 0 Å². The first-order chi connectivity index (χ1) is 13.9. The van der Waals surface area contributed by atoms with Crippen LogP contribution in [0.4, 0.5) is 5.69 Å². The number of aromatic nitrogens is 2. The first-order valence-corrected chi connectivity index (χ1v) is 9.35. The number of para-hydroxylation sites is 1. The Morgan fingerprint density at radius 3 is 2.76 bits per heavy atom. The van der Waals surface area contributed by atoms with Gasteiger partial charge in [-0.25, -0.2) is 4.98 Å². The fraction of sp³-hybridized carbons (Fsp3) is 0.286. The SMILES string of the molecule is C[C@@H](c1cccc([N+](=O)[O-])c1)N(C)C(=O)CCCc1nc2ccccc2c(=O)[nH]1. The van der Waals surface area contributed by atoms with E-state index in [2.05, 4.69) is 9.97 Å². The lowest BCUT2D eigenvalue weighted by Crippen LogP contribution is -2.29. The fourth-order valence-corrected chi connectivity index (χ4v) is 3.17. The molecule has 150 valence electrons. The van der Waals surface area contributed by atoms with E-state index in [1.54, 1.807) is 42.3 Å². The molecule has 29 heavy (non-hydrogen) atoms. The third kappa shape index (κ3) is 4.66. The van der Waals surface area contributed by atoms with Gasteiger partial charge in [0.25, 0.3) is 11.2 Å². The number of non-ortho nitro benzene ring substituents is 1. The molecule has 2 aromatic carbocycles. The summed E-state index contributed by atoms with van der Waals surface area (Å²) in [6, 6.07) is 13.1. The Balaban J connectivity index is 1.61. The van der Waals surface area contributed by atoms with Crippen LogP contribution in [0.1, 0.15) is 37.2 Å². The van der Waals surface area contributed by atoms with Crippen LogP contribution in [0.15, 0.2) is 53.3 Å². The maximum absolute atomic E-state index is 12.5. The van der Waals surface area contributed by atoms with Gasteiger partial charge in [0, 0.05) is 32.0 Å². The third-order valence-electron chi connectivity index (χ3n) is 5.00. The van der Waals surface area contributed by atoms with Crippen molar-refractivity contribution in [1.29, 1.82) is 0 Å². The van der Waals surface area contributed by atoms with Gasteiger partial charge in [0.1, 0.15) is 5.82 Å². The van der Waals surface area contributed by atoms with Crippen molar-refractivity contribution in [3.05, 3.63) is 80.4 Å². The maximum Gasteiger partial charge on any atom is 0.269 e. The predicted molar refractivity (Wildman–Crippen MR) is 110 cm³/mol. The zero-order valence-corrected chi connectivity index (χ0v) is 16.3. The van der Waals surface area contributed by atoms with Crippen LogP contribution >= 0.6 is 0 Å². The highest BCUT2D eigenvalue weighted by molar-refractivity contribution is 5.77. The van der Waals surface area contributed by atoms with Crippen molar-refractivity contribution in [3.8, 4) is 0 Å². The molecule has 1 aromatic heterocycles. The molecule has 0 saturated heterocycles. The number of H-pyrrole nitrogens is 1. The number of amides is 1. The largest absolute Gasteiger partial charge is 0.339 e. The normalized spacial score (nSPS) is 11.9. The van der Waals surface area contributed by atoms with Crippen molar-refractivity contribution in [2.75, 3.05) is 7.05 Å². The summed E-state index contributed by atoms with van der Waals surface area (Å²) in [5.74, 6) is 0.475. The van der Waals surface area contributed by atoms with Gasteiger partial charge in [-0.15, -0.1) is 0 Å². The van der Waals surface area contributed by atoms with Gasteiger partial charge in [0.2, 0.25) is 5.91 Å². The highest BCUT2D eigenvalue weighted by Crippen LogP contribution is 2.23. The highest BCUT2D eigenvalue weighted by atomic mass is 16.6. The van der Waals surface area contributed by atoms with Crippen molar-refractivity contribution in [2.24, 2.45) is 0 Å². The summed E-state index contributed by atoms with van der Waals surface area (Å²) >= 11 is 0. The quantitative estimate of drug-likeness (QED) is 0.488. The molecule has 1 amide bonds. The Labute approximate surface area is 167 Å². The van der Waals surface area contributed by atoms with Crippen LogP contribution in [0.25, 0.3) is 10.9 Å². The molecule has 8 heteroatoms. The van der Waals surface area contributed by atoms with Gasteiger partial charge < -0.3 is 9.88 Å². The van der Waals surface area contributed by atoms with E-state index in [-0.39, 0.29) is 29.6 Å². The summed E-state index contributed by atoms with van der Waals surface area (Å²) in [5, 5.41) is 11.5. The van der Waals surface area contributed by atoms with Gasteiger partial charge >= 0.3 is 0 Å². The van der Waals surface area contributed by atoms with E-state index in [0.717, 1.165) is 0 Å². The van der Waals surface area contributed by atoms with Crippen molar-refractivity contribution in [1.82, 2.24) is 14.9 Å². The summed E-state index contributed by atoms with van der Waals surface area (Å²) in [4.78, 5) is 43.9. The van der Waals surface area contributed by atoms with Gasteiger partial charge in [-0.05, 0) is 31.0 Å². The van der Waals surface area contributed by atoms with E-state index in [9.17, 15) is 19.7 Å². The molecular formula is C21H22N4O4. The Morgan fingerprint density at radius 2 is 2.00 bits per heavy atom. The standard InChI is InChI=1S/C21H22N4O4/c1-14(15-7-5-8-16(13-15)25(28)29)24(2)20(26)12-6-11-19-22-18-10-4-3-9-17(18)21(27)23-19/h3-5,7-10,13-14H,6,11-12H2,1-2H3,(H,22,23,27)/t14-/m0/s1. The molecule has 3 rings (SSSR count). The lowest BCUT2D eigenvalue weighted by atomic mass is 10.1. The number of fused-ring (bicyclic) bond motifs is 1. The lowest BCUT2D eigenvalue weighted by Gasteiger charge is -2.25. The third-order valence-corrected chi connectivity index (χ3v) is 5.00. The molecule has 3 aromatic rings. The van der Waals surface area contributed by atoms with E-state index in [1.165, 1.54) is 12.1 Å². The first kappa shape index (κ1) is 20.2. The Morgan fingerprint density at radius 1 is 1.24 bits per heavy atom. The van der Waals surface area contributed by atoms with E-state index >= 15 is 0 Å². The number of nitro benzene ring substituents is 1. The van der Waals surface area contributed by atoms with Crippen LogP contribution in [0.3, 0.4) is 0 Å². The number of hydrogen-bond acceptors (Lipinski definition) is 5. The smallest absolute Gasteiger partial charge is 0.269 e. The van der Waals surface area contributed by atoms with Gasteiger partial charge in [-0.2, -0.15) is 0 Å². The van der Waals surface area contributed by atoms with E-state index in [0.29, 0.717) is 35.1 Å². The van der Waals surface area contributed by atoms with Crippen LogP contribution in [0.2, 0.25) is 0 Å². The fourth-order valence-electron chi connectivity index (χ4n) is 3.17. The summed E-state index contributed by atoms with van der Waals surface area (Å²) in [5.41, 5.74) is 1.15. The number of aromatic amines is 1. The minimum Gasteiger partial charge on any atom is -0.339 e. The zero-order chi connectivity index (χ0) is 21.0. The van der Waals surface area contributed by atoms with E-state index < -0.39 is 4.92 Å². The topological polar surface area (TPSA) is 109 Å². The lowest BCUT2D eigenvalue weighted by molar-refractivity contribution is -0.384. The van der Waals surface area contributed by atoms with Crippen LogP contribution in [-0.2, 0) is 11.2 Å². The molecule has 0 fully saturated rings. The van der Waals surface area contributed by atoms with E-state index in [1.807, 2.05) is 13.0 Å². The number of aryl methyl sites for hydroxylation is 1. The average molecular weight is 394 g/mol. The number of carbonyl (C=O) groups is 1. The molecule has 1 N–H and O–H groups in total. The summed E-state index contributed by atoms with van der Waals surface area (Å²) in [6.07, 6.45) is 1.29. The minimum absolute atomic E-state index is 0.00142. The van der Waals surface area contributed by atoms with Crippen molar-refractivity contribution < 1.29 is 9.72 Å². The summed E-state index contributed by atoms with van der Waals surface area (Å²) < 4.78 is 0. The molecule has 0 unspecified atom stereocenters. The van der Waals surface area contributed by atoms with Gasteiger partial charge in [0.05, 0.1) is 21.9 Å². The molecule has 0 radical (unpaired) electrons. The maximum atomic E-state index is 12.5. The minimum atomic E-state index is -0.449. The van der Waals surface area contributed by atoms with Crippen LogP contribution < -0.4 is 5.56 Å². The number of rotatable bonds is 7. The molecule has 8 nitrogen and oxygen atoms in total. The van der Waals surface area contributed by atoms with Crippen molar-refractivity contribution >= 4 is 22.5 Å². The second-order valence-corrected chi connectivity index (χ2v) is 6.92. The molecule has 0 aliphatic carbocycles. The number of nitrogens with zero attached hydrogens (tertiary/aromatic N) is 3. The van der Waals surface area contributed by atoms with Crippen LogP contribution in [0, 0.1) is 10.1 Å². The molecule has 0 saturated carbocycles. The molecule has 0 aliphatic heterocycles. The van der Waals surface area contributed by atoms with Crippen LogP contribution in [-0.4, -0.2) is 32.7 Å². The number of nitro groups is 1. The second kappa shape index (κ2) is 8.64. The molecule has 0 bridgehead atoms. The Bertz CT molecular complexity index is 1110. The second-order valence-electron chi connectivity index (χ2n) is 6.92. The van der Waals surface area contributed by atoms with Crippen molar-refractivity contribution in [2.45, 2.75) is 32.2 Å². The van der Waals surface area contributed by atoms with Gasteiger partial charge in [-0.1, -0.05) is 24.3 Å². The number of benzene rings is 2. The molecule has 1 heterocycles. The molecule has 0 spiro atoms. The molecular weight excluding hydrogens is 372 g/mol. The first-order valence-electron chi connectivity index (χ1n) is 9.35. The number of hydrogen-bond donors (Lipinski definition) is 1. The van der Waals surface area contributed by atoms with Gasteiger partial charge in [0.15, 0.2) is 0 Å². The zero-order valence-electron chi connectivity index (χ0n) is 16.3. The monoisotopic (exact) mass is 394 g/mol. The Hall–Kier alpha value is -3.55. The predicted octanol–water partition coefficient (Wildman–Crippen LogP) is 3.37. The Kier molecular flexibility index (Phi) is 6.01. The number of carbonyl (C=O) groups excluding carboxylic acids is 1. The number of nitrogens with one attached hydrogen (secondary N) is 1. The summed E-state index contributed by atoms with van der Waals surface area (Å²) in [7, 11) is 1.68. The molecule has 1 atom stereocenters.